The molecule has 102 valence electrons. The van der Waals surface area contributed by atoms with Crippen molar-refractivity contribution in [1.29, 1.82) is 0 Å². The number of hydrogen-bond acceptors (Lipinski definition) is 4. The van der Waals surface area contributed by atoms with Crippen LogP contribution in [0.4, 0.5) is 5.69 Å². The molecule has 0 saturated carbocycles. The van der Waals surface area contributed by atoms with Gasteiger partial charge in [0.05, 0.1) is 5.69 Å². The van der Waals surface area contributed by atoms with Gasteiger partial charge in [-0.1, -0.05) is 0 Å². The van der Waals surface area contributed by atoms with Crippen molar-refractivity contribution in [2.45, 2.75) is 12.8 Å². The first-order chi connectivity index (χ1) is 9.24. The molecule has 3 rings (SSSR count). The van der Waals surface area contributed by atoms with Crippen LogP contribution >= 0.6 is 0 Å². The van der Waals surface area contributed by atoms with Crippen molar-refractivity contribution in [3.05, 3.63) is 18.2 Å². The Balaban J connectivity index is 1.76. The van der Waals surface area contributed by atoms with Crippen LogP contribution in [0.2, 0.25) is 0 Å². The molecule has 0 bridgehead atoms. The summed E-state index contributed by atoms with van der Waals surface area (Å²) in [4.78, 5) is 16.1. The third kappa shape index (κ3) is 2.51. The Morgan fingerprint density at radius 3 is 2.79 bits per heavy atom. The standard InChI is InChI=1S/C14H18N2O3/c17-11-3-4-13-12(9-11)16(14(18)10-19-13)8-7-15-5-1-2-6-15/h3-4,9,17H,1-2,5-8,10H2. The number of phenols is 1. The second kappa shape index (κ2) is 5.09. The molecule has 0 unspecified atom stereocenters. The molecule has 5 heteroatoms. The number of nitrogens with zero attached hydrogens (tertiary/aromatic N) is 2. The van der Waals surface area contributed by atoms with E-state index in [1.807, 2.05) is 0 Å². The molecule has 1 saturated heterocycles. The molecule has 0 radical (unpaired) electrons. The summed E-state index contributed by atoms with van der Waals surface area (Å²) in [7, 11) is 0. The molecule has 2 aliphatic heterocycles. The van der Waals surface area contributed by atoms with Crippen LogP contribution in [0.25, 0.3) is 0 Å². The number of amides is 1. The van der Waals surface area contributed by atoms with Crippen molar-refractivity contribution in [2.75, 3.05) is 37.7 Å². The van der Waals surface area contributed by atoms with E-state index < -0.39 is 0 Å². The summed E-state index contributed by atoms with van der Waals surface area (Å²) < 4.78 is 5.38. The zero-order chi connectivity index (χ0) is 13.2. The Hall–Kier alpha value is -1.75. The largest absolute Gasteiger partial charge is 0.508 e. The van der Waals surface area contributed by atoms with Gasteiger partial charge >= 0.3 is 0 Å². The topological polar surface area (TPSA) is 53.0 Å². The second-order valence-corrected chi connectivity index (χ2v) is 5.03. The number of phenolic OH excluding ortho intramolecular Hbond substituents is 1. The summed E-state index contributed by atoms with van der Waals surface area (Å²) in [5.41, 5.74) is 0.676. The van der Waals surface area contributed by atoms with Crippen molar-refractivity contribution in [3.8, 4) is 11.5 Å². The van der Waals surface area contributed by atoms with E-state index in [-0.39, 0.29) is 18.3 Å². The van der Waals surface area contributed by atoms with E-state index in [9.17, 15) is 9.90 Å². The van der Waals surface area contributed by atoms with Gasteiger partial charge < -0.3 is 19.6 Å². The van der Waals surface area contributed by atoms with Gasteiger partial charge in [-0.15, -0.1) is 0 Å². The Labute approximate surface area is 112 Å². The van der Waals surface area contributed by atoms with E-state index >= 15 is 0 Å². The van der Waals surface area contributed by atoms with Crippen LogP contribution in [0, 0.1) is 0 Å². The number of likely N-dealkylation sites (tertiary alicyclic amines) is 1. The highest BCUT2D eigenvalue weighted by atomic mass is 16.5. The fraction of sp³-hybridized carbons (Fsp3) is 0.500. The zero-order valence-electron chi connectivity index (χ0n) is 10.8. The molecule has 1 aromatic carbocycles. The highest BCUT2D eigenvalue weighted by Crippen LogP contribution is 2.34. The van der Waals surface area contributed by atoms with E-state index in [4.69, 9.17) is 4.74 Å². The first kappa shape index (κ1) is 12.3. The summed E-state index contributed by atoms with van der Waals surface area (Å²) in [5, 5.41) is 9.57. The first-order valence-electron chi connectivity index (χ1n) is 6.72. The number of hydrogen-bond donors (Lipinski definition) is 1. The lowest BCUT2D eigenvalue weighted by Gasteiger charge is -2.30. The molecule has 0 atom stereocenters. The summed E-state index contributed by atoms with van der Waals surface area (Å²) in [6, 6.07) is 4.88. The van der Waals surface area contributed by atoms with Crippen molar-refractivity contribution in [2.24, 2.45) is 0 Å². The normalized spacial score (nSPS) is 19.4. The minimum atomic E-state index is -0.0442. The van der Waals surface area contributed by atoms with Gasteiger partial charge in [-0.2, -0.15) is 0 Å². The Morgan fingerprint density at radius 2 is 2.00 bits per heavy atom. The summed E-state index contributed by atoms with van der Waals surface area (Å²) in [6.07, 6.45) is 2.49. The van der Waals surface area contributed by atoms with Crippen LogP contribution < -0.4 is 9.64 Å². The van der Waals surface area contributed by atoms with Crippen molar-refractivity contribution >= 4 is 11.6 Å². The minimum Gasteiger partial charge on any atom is -0.508 e. The van der Waals surface area contributed by atoms with Crippen LogP contribution in [0.15, 0.2) is 18.2 Å². The van der Waals surface area contributed by atoms with Gasteiger partial charge in [-0.3, -0.25) is 4.79 Å². The molecule has 2 heterocycles. The number of carbonyl (C=O) groups is 1. The van der Waals surface area contributed by atoms with Gasteiger partial charge in [-0.25, -0.2) is 0 Å². The van der Waals surface area contributed by atoms with E-state index in [0.29, 0.717) is 18.0 Å². The average Bonchev–Trinajstić information content (AvgIpc) is 2.91. The molecule has 1 amide bonds. The molecule has 0 aliphatic carbocycles. The smallest absolute Gasteiger partial charge is 0.265 e. The maximum Gasteiger partial charge on any atom is 0.265 e. The van der Waals surface area contributed by atoms with Gasteiger partial charge in [0.25, 0.3) is 5.91 Å². The van der Waals surface area contributed by atoms with Crippen molar-refractivity contribution in [3.63, 3.8) is 0 Å². The Bertz CT molecular complexity index is 484. The fourth-order valence-electron chi connectivity index (χ4n) is 2.68. The van der Waals surface area contributed by atoms with Gasteiger partial charge in [0.1, 0.15) is 11.5 Å². The SMILES string of the molecule is O=C1COc2ccc(O)cc2N1CCN1CCCC1. The lowest BCUT2D eigenvalue weighted by molar-refractivity contribution is -0.121. The molecule has 0 spiro atoms. The predicted octanol–water partition coefficient (Wildman–Crippen LogP) is 1.21. The van der Waals surface area contributed by atoms with Crippen LogP contribution in [0.5, 0.6) is 11.5 Å². The zero-order valence-corrected chi connectivity index (χ0v) is 10.8. The Kier molecular flexibility index (Phi) is 3.29. The lowest BCUT2D eigenvalue weighted by atomic mass is 10.2. The monoisotopic (exact) mass is 262 g/mol. The number of anilines is 1. The van der Waals surface area contributed by atoms with Gasteiger partial charge in [0.2, 0.25) is 0 Å². The maximum atomic E-state index is 12.0. The molecule has 1 aromatic rings. The van der Waals surface area contributed by atoms with E-state index in [0.717, 1.165) is 19.6 Å². The van der Waals surface area contributed by atoms with Crippen LogP contribution in [-0.2, 0) is 4.79 Å². The van der Waals surface area contributed by atoms with Gasteiger partial charge in [-0.05, 0) is 38.1 Å². The lowest BCUT2D eigenvalue weighted by Crippen LogP contribution is -2.43. The summed E-state index contributed by atoms with van der Waals surface area (Å²) in [5.74, 6) is 0.777. The summed E-state index contributed by atoms with van der Waals surface area (Å²) >= 11 is 0. The molecule has 1 N–H and O–H groups in total. The third-order valence-corrected chi connectivity index (χ3v) is 3.72. The van der Waals surface area contributed by atoms with Crippen LogP contribution in [0.3, 0.4) is 0 Å². The van der Waals surface area contributed by atoms with Crippen molar-refractivity contribution in [1.82, 2.24) is 4.90 Å². The maximum absolute atomic E-state index is 12.0. The molecular formula is C14H18N2O3. The number of benzene rings is 1. The highest BCUT2D eigenvalue weighted by Gasteiger charge is 2.26. The minimum absolute atomic E-state index is 0.0442. The Morgan fingerprint density at radius 1 is 1.21 bits per heavy atom. The molecule has 5 nitrogen and oxygen atoms in total. The first-order valence-corrected chi connectivity index (χ1v) is 6.72. The number of fused-ring (bicyclic) bond motifs is 1. The molecular weight excluding hydrogens is 244 g/mol. The molecule has 1 fully saturated rings. The number of ether oxygens (including phenoxy) is 1. The number of carbonyl (C=O) groups excluding carboxylic acids is 1. The third-order valence-electron chi connectivity index (χ3n) is 3.72. The molecule has 2 aliphatic rings. The van der Waals surface area contributed by atoms with Crippen LogP contribution in [-0.4, -0.2) is 48.7 Å². The number of rotatable bonds is 3. The fourth-order valence-corrected chi connectivity index (χ4v) is 2.68. The average molecular weight is 262 g/mol. The van der Waals surface area contributed by atoms with Gasteiger partial charge in [0, 0.05) is 19.2 Å². The quantitative estimate of drug-likeness (QED) is 0.889. The van der Waals surface area contributed by atoms with Crippen LogP contribution in [0.1, 0.15) is 12.8 Å². The van der Waals surface area contributed by atoms with Crippen molar-refractivity contribution < 1.29 is 14.6 Å². The van der Waals surface area contributed by atoms with E-state index in [1.54, 1.807) is 23.1 Å². The molecule has 0 aromatic heterocycles. The van der Waals surface area contributed by atoms with E-state index in [1.165, 1.54) is 12.8 Å². The van der Waals surface area contributed by atoms with Gasteiger partial charge in [0.15, 0.2) is 6.61 Å². The molecule has 19 heavy (non-hydrogen) atoms. The highest BCUT2D eigenvalue weighted by molar-refractivity contribution is 5.98. The summed E-state index contributed by atoms with van der Waals surface area (Å²) in [6.45, 7) is 3.84. The predicted molar refractivity (Wildman–Crippen MR) is 71.6 cm³/mol. The van der Waals surface area contributed by atoms with E-state index in [2.05, 4.69) is 4.90 Å². The second-order valence-electron chi connectivity index (χ2n) is 5.03. The number of aromatic hydroxyl groups is 1.